The molecular weight excluding hydrogens is 168 g/mol. The highest BCUT2D eigenvalue weighted by molar-refractivity contribution is 4.81. The van der Waals surface area contributed by atoms with Gasteiger partial charge >= 0.3 is 0 Å². The highest BCUT2D eigenvalue weighted by Crippen LogP contribution is 2.19. The quantitative estimate of drug-likeness (QED) is 0.604. The van der Waals surface area contributed by atoms with Crippen LogP contribution in [0.4, 0.5) is 0 Å². The molecule has 2 heterocycles. The molecule has 0 spiro atoms. The number of nitrogens with one attached hydrogen (secondary N) is 1. The first kappa shape index (κ1) is 9.40. The minimum absolute atomic E-state index is 0.0788. The predicted molar refractivity (Wildman–Crippen MR) is 49.4 cm³/mol. The van der Waals surface area contributed by atoms with E-state index < -0.39 is 0 Å². The summed E-state index contributed by atoms with van der Waals surface area (Å²) in [5.74, 6) is 0. The van der Waals surface area contributed by atoms with E-state index in [0.29, 0.717) is 6.10 Å². The standard InChI is InChI=1S/C9H18N2O2/c1-11-5-3-8(12)9(11)13-7-2-4-10-6-7/h7-10,12H,2-6H2,1H3/t7-,8+,9?/m0/s1. The summed E-state index contributed by atoms with van der Waals surface area (Å²) in [5.41, 5.74) is 0. The number of hydrogen-bond acceptors (Lipinski definition) is 4. The summed E-state index contributed by atoms with van der Waals surface area (Å²) >= 11 is 0. The Morgan fingerprint density at radius 3 is 2.85 bits per heavy atom. The minimum atomic E-state index is -0.300. The number of rotatable bonds is 2. The van der Waals surface area contributed by atoms with Gasteiger partial charge in [-0.15, -0.1) is 0 Å². The van der Waals surface area contributed by atoms with Gasteiger partial charge < -0.3 is 15.2 Å². The SMILES string of the molecule is CN1CC[C@@H](O)C1O[C@H]1CCNC1. The molecule has 0 bridgehead atoms. The third-order valence-electron chi connectivity index (χ3n) is 2.89. The molecule has 0 aliphatic carbocycles. The molecule has 13 heavy (non-hydrogen) atoms. The molecule has 76 valence electrons. The summed E-state index contributed by atoms with van der Waals surface area (Å²) in [4.78, 5) is 2.09. The Morgan fingerprint density at radius 2 is 2.31 bits per heavy atom. The van der Waals surface area contributed by atoms with Crippen molar-refractivity contribution < 1.29 is 9.84 Å². The number of aliphatic hydroxyl groups excluding tert-OH is 1. The molecule has 2 rings (SSSR count). The summed E-state index contributed by atoms with van der Waals surface area (Å²) in [7, 11) is 2.00. The zero-order chi connectivity index (χ0) is 9.26. The van der Waals surface area contributed by atoms with E-state index in [1.165, 1.54) is 0 Å². The van der Waals surface area contributed by atoms with Crippen LogP contribution in [0.1, 0.15) is 12.8 Å². The van der Waals surface area contributed by atoms with Crippen LogP contribution in [-0.2, 0) is 4.74 Å². The molecular formula is C9H18N2O2. The van der Waals surface area contributed by atoms with Gasteiger partial charge in [0.2, 0.25) is 0 Å². The molecule has 2 fully saturated rings. The second-order valence-corrected chi connectivity index (χ2v) is 3.98. The van der Waals surface area contributed by atoms with Crippen LogP contribution in [0.25, 0.3) is 0 Å². The van der Waals surface area contributed by atoms with Gasteiger partial charge in [-0.3, -0.25) is 4.90 Å². The number of ether oxygens (including phenoxy) is 1. The van der Waals surface area contributed by atoms with Gasteiger partial charge in [-0.25, -0.2) is 0 Å². The molecule has 0 saturated carbocycles. The van der Waals surface area contributed by atoms with E-state index in [9.17, 15) is 5.11 Å². The molecule has 3 atom stereocenters. The van der Waals surface area contributed by atoms with Crippen LogP contribution in [0.2, 0.25) is 0 Å². The topological polar surface area (TPSA) is 44.7 Å². The van der Waals surface area contributed by atoms with E-state index in [1.54, 1.807) is 0 Å². The van der Waals surface area contributed by atoms with Crippen LogP contribution >= 0.6 is 0 Å². The van der Waals surface area contributed by atoms with Gasteiger partial charge in [0.25, 0.3) is 0 Å². The van der Waals surface area contributed by atoms with Gasteiger partial charge in [-0.2, -0.15) is 0 Å². The van der Waals surface area contributed by atoms with Gasteiger partial charge in [0.1, 0.15) is 6.23 Å². The van der Waals surface area contributed by atoms with Crippen molar-refractivity contribution in [3.8, 4) is 0 Å². The second-order valence-electron chi connectivity index (χ2n) is 3.98. The van der Waals surface area contributed by atoms with Crippen molar-refractivity contribution in [3.05, 3.63) is 0 Å². The van der Waals surface area contributed by atoms with Crippen molar-refractivity contribution >= 4 is 0 Å². The maximum Gasteiger partial charge on any atom is 0.137 e. The number of likely N-dealkylation sites (tertiary alicyclic amines) is 1. The number of hydrogen-bond donors (Lipinski definition) is 2. The van der Waals surface area contributed by atoms with Crippen molar-refractivity contribution in [1.29, 1.82) is 0 Å². The van der Waals surface area contributed by atoms with E-state index in [-0.39, 0.29) is 12.3 Å². The van der Waals surface area contributed by atoms with Crippen LogP contribution < -0.4 is 5.32 Å². The van der Waals surface area contributed by atoms with E-state index in [0.717, 1.165) is 32.5 Å². The Hall–Kier alpha value is -0.160. The fraction of sp³-hybridized carbons (Fsp3) is 1.00. The summed E-state index contributed by atoms with van der Waals surface area (Å²) in [6.45, 7) is 2.90. The van der Waals surface area contributed by atoms with E-state index in [1.807, 2.05) is 7.05 Å². The van der Waals surface area contributed by atoms with Crippen LogP contribution in [0.5, 0.6) is 0 Å². The highest BCUT2D eigenvalue weighted by Gasteiger charge is 2.33. The lowest BCUT2D eigenvalue weighted by molar-refractivity contribution is -0.109. The first-order chi connectivity index (χ1) is 6.27. The zero-order valence-electron chi connectivity index (χ0n) is 8.07. The third kappa shape index (κ3) is 2.02. The summed E-state index contributed by atoms with van der Waals surface area (Å²) in [5, 5.41) is 12.9. The molecule has 0 radical (unpaired) electrons. The number of nitrogens with zero attached hydrogens (tertiary/aromatic N) is 1. The first-order valence-corrected chi connectivity index (χ1v) is 5.02. The molecule has 0 aromatic carbocycles. The molecule has 2 aliphatic rings. The molecule has 0 aromatic heterocycles. The van der Waals surface area contributed by atoms with Crippen LogP contribution in [0, 0.1) is 0 Å². The van der Waals surface area contributed by atoms with E-state index in [4.69, 9.17) is 4.74 Å². The Balaban J connectivity index is 1.85. The lowest BCUT2D eigenvalue weighted by atomic mass is 10.3. The Kier molecular flexibility index (Phi) is 2.83. The Bertz CT molecular complexity index is 161. The molecule has 4 nitrogen and oxygen atoms in total. The van der Waals surface area contributed by atoms with E-state index in [2.05, 4.69) is 10.2 Å². The first-order valence-electron chi connectivity index (χ1n) is 5.02. The zero-order valence-corrected chi connectivity index (χ0v) is 8.07. The van der Waals surface area contributed by atoms with Crippen molar-refractivity contribution in [2.75, 3.05) is 26.7 Å². The Labute approximate surface area is 78.9 Å². The summed E-state index contributed by atoms with van der Waals surface area (Å²) < 4.78 is 5.81. The molecule has 0 aromatic rings. The number of aliphatic hydroxyl groups is 1. The average Bonchev–Trinajstić information content (AvgIpc) is 2.70. The largest absolute Gasteiger partial charge is 0.389 e. The maximum absolute atomic E-state index is 9.63. The number of likely N-dealkylation sites (N-methyl/N-ethyl adjacent to an activating group) is 1. The van der Waals surface area contributed by atoms with Crippen molar-refractivity contribution in [1.82, 2.24) is 10.2 Å². The van der Waals surface area contributed by atoms with Gasteiger partial charge in [0.15, 0.2) is 0 Å². The normalized spacial score (nSPS) is 41.5. The molecule has 2 N–H and O–H groups in total. The predicted octanol–water partition coefficient (Wildman–Crippen LogP) is -0.613. The average molecular weight is 186 g/mol. The minimum Gasteiger partial charge on any atom is -0.389 e. The fourth-order valence-corrected chi connectivity index (χ4v) is 2.04. The van der Waals surface area contributed by atoms with Crippen molar-refractivity contribution in [3.63, 3.8) is 0 Å². The third-order valence-corrected chi connectivity index (χ3v) is 2.89. The van der Waals surface area contributed by atoms with E-state index >= 15 is 0 Å². The van der Waals surface area contributed by atoms with Crippen molar-refractivity contribution in [2.24, 2.45) is 0 Å². The fourth-order valence-electron chi connectivity index (χ4n) is 2.04. The lowest BCUT2D eigenvalue weighted by Gasteiger charge is -2.25. The van der Waals surface area contributed by atoms with Crippen molar-refractivity contribution in [2.45, 2.75) is 31.3 Å². The van der Waals surface area contributed by atoms with Gasteiger partial charge in [0.05, 0.1) is 12.2 Å². The van der Waals surface area contributed by atoms with Gasteiger partial charge in [-0.05, 0) is 26.4 Å². The second kappa shape index (κ2) is 3.92. The van der Waals surface area contributed by atoms with Gasteiger partial charge in [-0.1, -0.05) is 0 Å². The molecule has 2 aliphatic heterocycles. The summed E-state index contributed by atoms with van der Waals surface area (Å²) in [6, 6.07) is 0. The van der Waals surface area contributed by atoms with Gasteiger partial charge in [0, 0.05) is 13.1 Å². The lowest BCUT2D eigenvalue weighted by Crippen LogP contribution is -2.38. The molecule has 1 unspecified atom stereocenters. The highest BCUT2D eigenvalue weighted by atomic mass is 16.5. The summed E-state index contributed by atoms with van der Waals surface area (Å²) in [6.07, 6.45) is 1.81. The molecule has 0 amide bonds. The van der Waals surface area contributed by atoms with Crippen LogP contribution in [0.15, 0.2) is 0 Å². The molecule has 4 heteroatoms. The monoisotopic (exact) mass is 186 g/mol. The van der Waals surface area contributed by atoms with Crippen LogP contribution in [0.3, 0.4) is 0 Å². The van der Waals surface area contributed by atoms with Crippen LogP contribution in [-0.4, -0.2) is 55.1 Å². The Morgan fingerprint density at radius 1 is 1.46 bits per heavy atom. The maximum atomic E-state index is 9.63. The molecule has 2 saturated heterocycles. The smallest absolute Gasteiger partial charge is 0.137 e.